The molecular formula is C12H16BrNO4. The number of methoxy groups -OCH3 is 1. The maximum Gasteiger partial charge on any atom is 0.409 e. The molecule has 5 nitrogen and oxygen atoms in total. The lowest BCUT2D eigenvalue weighted by atomic mass is 9.98. The van der Waals surface area contributed by atoms with Gasteiger partial charge < -0.3 is 19.9 Å². The maximum absolute atomic E-state index is 10.7. The van der Waals surface area contributed by atoms with Gasteiger partial charge in [-0.2, -0.15) is 0 Å². The smallest absolute Gasteiger partial charge is 0.409 e. The highest BCUT2D eigenvalue weighted by atomic mass is 79.9. The van der Waals surface area contributed by atoms with Crippen molar-refractivity contribution in [3.63, 3.8) is 0 Å². The van der Waals surface area contributed by atoms with Gasteiger partial charge in [0.05, 0.1) is 5.60 Å². The molecule has 0 heterocycles. The van der Waals surface area contributed by atoms with Crippen molar-refractivity contribution in [2.45, 2.75) is 19.4 Å². The summed E-state index contributed by atoms with van der Waals surface area (Å²) in [4.78, 5) is 10.7. The maximum atomic E-state index is 10.7. The van der Waals surface area contributed by atoms with Crippen molar-refractivity contribution in [1.82, 2.24) is 0 Å². The van der Waals surface area contributed by atoms with Crippen molar-refractivity contribution >= 4 is 22.0 Å². The number of amides is 1. The molecular weight excluding hydrogens is 302 g/mol. The van der Waals surface area contributed by atoms with Crippen molar-refractivity contribution in [2.24, 2.45) is 5.73 Å². The molecule has 0 atom stereocenters. The van der Waals surface area contributed by atoms with Crippen LogP contribution in [0.2, 0.25) is 0 Å². The average Bonchev–Trinajstić information content (AvgIpc) is 2.28. The van der Waals surface area contributed by atoms with E-state index in [-0.39, 0.29) is 6.79 Å². The molecule has 1 rings (SSSR count). The third-order valence-electron chi connectivity index (χ3n) is 2.34. The number of carbonyl (C=O) groups excluding carboxylic acids is 1. The third-order valence-corrected chi connectivity index (χ3v) is 3.03. The van der Waals surface area contributed by atoms with E-state index in [1.54, 1.807) is 25.3 Å². The van der Waals surface area contributed by atoms with E-state index >= 15 is 0 Å². The molecule has 18 heavy (non-hydrogen) atoms. The zero-order chi connectivity index (χ0) is 13.8. The molecule has 0 spiro atoms. The summed E-state index contributed by atoms with van der Waals surface area (Å²) < 4.78 is 16.2. The van der Waals surface area contributed by atoms with Gasteiger partial charge in [0.2, 0.25) is 0 Å². The van der Waals surface area contributed by atoms with Crippen LogP contribution < -0.4 is 10.5 Å². The molecule has 6 heteroatoms. The summed E-state index contributed by atoms with van der Waals surface area (Å²) in [5.41, 5.74) is 5.22. The van der Waals surface area contributed by atoms with E-state index in [0.717, 1.165) is 10.0 Å². The van der Waals surface area contributed by atoms with E-state index in [1.807, 2.05) is 13.8 Å². The second-order valence-corrected chi connectivity index (χ2v) is 4.98. The van der Waals surface area contributed by atoms with Crippen LogP contribution in [0.1, 0.15) is 19.4 Å². The van der Waals surface area contributed by atoms with E-state index in [9.17, 15) is 4.79 Å². The van der Waals surface area contributed by atoms with Crippen LogP contribution in [-0.4, -0.2) is 20.0 Å². The molecule has 1 amide bonds. The summed E-state index contributed by atoms with van der Waals surface area (Å²) in [6, 6.07) is 5.11. The summed E-state index contributed by atoms with van der Waals surface area (Å²) in [6.45, 7) is 3.95. The number of benzene rings is 1. The van der Waals surface area contributed by atoms with Crippen molar-refractivity contribution in [3.8, 4) is 5.75 Å². The predicted octanol–water partition coefficient (Wildman–Crippen LogP) is 2.76. The highest BCUT2D eigenvalue weighted by Gasteiger charge is 2.24. The Labute approximate surface area is 114 Å². The first-order chi connectivity index (χ1) is 8.36. The average molecular weight is 318 g/mol. The van der Waals surface area contributed by atoms with Crippen molar-refractivity contribution in [1.29, 1.82) is 0 Å². The molecule has 0 bridgehead atoms. The van der Waals surface area contributed by atoms with Crippen LogP contribution in [0.5, 0.6) is 5.75 Å². The quantitative estimate of drug-likeness (QED) is 0.848. The lowest BCUT2D eigenvalue weighted by Crippen LogP contribution is -2.24. The van der Waals surface area contributed by atoms with E-state index in [4.69, 9.17) is 19.9 Å². The molecule has 0 radical (unpaired) electrons. The molecule has 0 unspecified atom stereocenters. The lowest BCUT2D eigenvalue weighted by Gasteiger charge is -2.26. The zero-order valence-electron chi connectivity index (χ0n) is 10.5. The molecule has 0 saturated carbocycles. The number of hydrogen-bond donors (Lipinski definition) is 1. The molecule has 0 fully saturated rings. The Bertz CT molecular complexity index is 434. The number of primary amides is 1. The predicted molar refractivity (Wildman–Crippen MR) is 70.3 cm³/mol. The zero-order valence-corrected chi connectivity index (χ0v) is 12.1. The summed E-state index contributed by atoms with van der Waals surface area (Å²) in [5, 5.41) is 0. The number of ether oxygens (including phenoxy) is 3. The molecule has 1 aromatic rings. The first-order valence-corrected chi connectivity index (χ1v) is 6.06. The van der Waals surface area contributed by atoms with Crippen LogP contribution in [0, 0.1) is 0 Å². The Morgan fingerprint density at radius 2 is 2.11 bits per heavy atom. The second kappa shape index (κ2) is 6.17. The minimum atomic E-state index is -0.848. The largest absolute Gasteiger partial charge is 0.410 e. The molecule has 0 aliphatic heterocycles. The van der Waals surface area contributed by atoms with E-state index < -0.39 is 11.7 Å². The molecule has 0 saturated heterocycles. The van der Waals surface area contributed by atoms with Crippen molar-refractivity contribution in [2.75, 3.05) is 13.9 Å². The summed E-state index contributed by atoms with van der Waals surface area (Å²) >= 11 is 3.43. The Hall–Kier alpha value is -1.11. The van der Waals surface area contributed by atoms with Gasteiger partial charge in [-0.15, -0.1) is 0 Å². The minimum Gasteiger partial charge on any atom is -0.410 e. The highest BCUT2D eigenvalue weighted by molar-refractivity contribution is 9.10. The SMILES string of the molecule is COCOC(C)(C)c1cc(OC(N)=O)ccc1Br. The van der Waals surface area contributed by atoms with Gasteiger partial charge in [0, 0.05) is 17.1 Å². The second-order valence-electron chi connectivity index (χ2n) is 4.12. The van der Waals surface area contributed by atoms with E-state index in [0.29, 0.717) is 5.75 Å². The first-order valence-electron chi connectivity index (χ1n) is 5.27. The van der Waals surface area contributed by atoms with Gasteiger partial charge in [0.1, 0.15) is 12.5 Å². The molecule has 2 N–H and O–H groups in total. The Morgan fingerprint density at radius 3 is 2.67 bits per heavy atom. The van der Waals surface area contributed by atoms with Gasteiger partial charge in [0.25, 0.3) is 0 Å². The van der Waals surface area contributed by atoms with Crippen LogP contribution in [0.15, 0.2) is 22.7 Å². The first kappa shape index (κ1) is 14.9. The normalized spacial score (nSPS) is 11.3. The van der Waals surface area contributed by atoms with Crippen LogP contribution in [-0.2, 0) is 15.1 Å². The number of halogens is 1. The van der Waals surface area contributed by atoms with E-state index in [2.05, 4.69) is 15.9 Å². The minimum absolute atomic E-state index is 0.167. The van der Waals surface area contributed by atoms with Gasteiger partial charge in [-0.3, -0.25) is 0 Å². The van der Waals surface area contributed by atoms with E-state index in [1.165, 1.54) is 0 Å². The third kappa shape index (κ3) is 3.97. The summed E-state index contributed by atoms with van der Waals surface area (Å²) in [7, 11) is 1.55. The van der Waals surface area contributed by atoms with Crippen molar-refractivity contribution < 1.29 is 19.0 Å². The monoisotopic (exact) mass is 317 g/mol. The Balaban J connectivity index is 3.02. The number of hydrogen-bond acceptors (Lipinski definition) is 4. The fraction of sp³-hybridized carbons (Fsp3) is 0.417. The molecule has 0 aliphatic carbocycles. The van der Waals surface area contributed by atoms with Gasteiger partial charge >= 0.3 is 6.09 Å². The number of rotatable bonds is 5. The molecule has 100 valence electrons. The topological polar surface area (TPSA) is 70.8 Å². The highest BCUT2D eigenvalue weighted by Crippen LogP contribution is 2.34. The van der Waals surface area contributed by atoms with Crippen LogP contribution in [0.25, 0.3) is 0 Å². The summed E-state index contributed by atoms with van der Waals surface area (Å²) in [5.74, 6) is 0.370. The molecule has 0 aliphatic rings. The van der Waals surface area contributed by atoms with Gasteiger partial charge in [-0.25, -0.2) is 4.79 Å². The van der Waals surface area contributed by atoms with Gasteiger partial charge in [-0.05, 0) is 32.0 Å². The Kier molecular flexibility index (Phi) is 5.13. The van der Waals surface area contributed by atoms with Crippen molar-refractivity contribution in [3.05, 3.63) is 28.2 Å². The number of carbonyl (C=O) groups is 1. The number of nitrogens with two attached hydrogens (primary N) is 1. The van der Waals surface area contributed by atoms with Gasteiger partial charge in [-0.1, -0.05) is 15.9 Å². The summed E-state index contributed by atoms with van der Waals surface area (Å²) in [6.07, 6.45) is -0.848. The van der Waals surface area contributed by atoms with Crippen LogP contribution >= 0.6 is 15.9 Å². The van der Waals surface area contributed by atoms with Gasteiger partial charge in [0.15, 0.2) is 0 Å². The van der Waals surface area contributed by atoms with Crippen LogP contribution in [0.4, 0.5) is 4.79 Å². The fourth-order valence-electron chi connectivity index (χ4n) is 1.43. The fourth-order valence-corrected chi connectivity index (χ4v) is 2.15. The van der Waals surface area contributed by atoms with Crippen LogP contribution in [0.3, 0.4) is 0 Å². The standard InChI is InChI=1S/C12H16BrNO4/c1-12(2,17-7-16-3)9-6-8(18-11(14)15)4-5-10(9)13/h4-6H,7H2,1-3H3,(H2,14,15). The molecule has 0 aromatic heterocycles. The lowest BCUT2D eigenvalue weighted by molar-refractivity contribution is -0.118. The molecule has 1 aromatic carbocycles. The Morgan fingerprint density at radius 1 is 1.44 bits per heavy atom.